The highest BCUT2D eigenvalue weighted by molar-refractivity contribution is 5.95. The summed E-state index contributed by atoms with van der Waals surface area (Å²) in [5.74, 6) is 1.66. The van der Waals surface area contributed by atoms with Crippen LogP contribution < -0.4 is 4.90 Å². The van der Waals surface area contributed by atoms with Crippen molar-refractivity contribution in [2.45, 2.75) is 51.5 Å². The van der Waals surface area contributed by atoms with E-state index in [1.807, 2.05) is 53.9 Å². The van der Waals surface area contributed by atoms with Gasteiger partial charge in [0.2, 0.25) is 11.8 Å². The summed E-state index contributed by atoms with van der Waals surface area (Å²) >= 11 is 0. The first-order valence-corrected chi connectivity index (χ1v) is 11.6. The normalized spacial score (nSPS) is 18.4. The smallest absolute Gasteiger partial charge is 0.237 e. The van der Waals surface area contributed by atoms with Gasteiger partial charge in [0.25, 0.3) is 0 Å². The predicted molar refractivity (Wildman–Crippen MR) is 124 cm³/mol. The molecular formula is C25H33N5O2. The lowest BCUT2D eigenvalue weighted by atomic mass is 10.0. The summed E-state index contributed by atoms with van der Waals surface area (Å²) in [5, 5.41) is 0. The summed E-state index contributed by atoms with van der Waals surface area (Å²) in [5.41, 5.74) is 3.27. The number of anilines is 1. The molecule has 1 saturated heterocycles. The van der Waals surface area contributed by atoms with Crippen molar-refractivity contribution in [1.29, 1.82) is 0 Å². The largest absolute Gasteiger partial charge is 0.331 e. The van der Waals surface area contributed by atoms with E-state index in [1.54, 1.807) is 0 Å². The maximum Gasteiger partial charge on any atom is 0.237 e. The Kier molecular flexibility index (Phi) is 6.84. The second-order valence-corrected chi connectivity index (χ2v) is 9.09. The number of rotatable bonds is 7. The monoisotopic (exact) mass is 435 g/mol. The summed E-state index contributed by atoms with van der Waals surface area (Å²) in [4.78, 5) is 41.0. The van der Waals surface area contributed by atoms with Gasteiger partial charge in [-0.1, -0.05) is 30.3 Å². The number of fused-ring (bicyclic) bond motifs is 1. The minimum Gasteiger partial charge on any atom is -0.331 e. The molecule has 2 aliphatic heterocycles. The van der Waals surface area contributed by atoms with Crippen LogP contribution in [-0.2, 0) is 22.4 Å². The van der Waals surface area contributed by atoms with Crippen molar-refractivity contribution >= 4 is 17.6 Å². The molecule has 4 rings (SSSR count). The third kappa shape index (κ3) is 4.83. The van der Waals surface area contributed by atoms with Gasteiger partial charge in [0.1, 0.15) is 5.82 Å². The quantitative estimate of drug-likeness (QED) is 0.669. The molecule has 3 heterocycles. The van der Waals surface area contributed by atoms with E-state index in [9.17, 15) is 9.59 Å². The zero-order valence-corrected chi connectivity index (χ0v) is 19.4. The zero-order chi connectivity index (χ0) is 22.7. The zero-order valence-electron chi connectivity index (χ0n) is 19.4. The molecule has 1 fully saturated rings. The minimum absolute atomic E-state index is 0.104. The molecule has 0 unspecified atom stereocenters. The van der Waals surface area contributed by atoms with Crippen LogP contribution >= 0.6 is 0 Å². The SMILES string of the molecule is Cc1nc([C@@H]2CCCN2C(=O)CN(C)C)nc2c1CCC(=O)N2CCCc1ccccc1. The average molecular weight is 436 g/mol. The Morgan fingerprint density at radius 2 is 1.94 bits per heavy atom. The second kappa shape index (κ2) is 9.77. The van der Waals surface area contributed by atoms with E-state index in [2.05, 4.69) is 12.1 Å². The lowest BCUT2D eigenvalue weighted by molar-refractivity contribution is -0.133. The standard InChI is InChI=1S/C25H33N5O2/c1-18-20-13-14-22(31)30(16-7-11-19-9-5-4-6-10-19)25(20)27-24(26-18)21-12-8-15-29(21)23(32)17-28(2)3/h4-6,9-10,21H,7-8,11-17H2,1-3H3/t21-/m0/s1. The predicted octanol–water partition coefficient (Wildman–Crippen LogP) is 2.92. The van der Waals surface area contributed by atoms with Crippen molar-refractivity contribution in [1.82, 2.24) is 19.8 Å². The van der Waals surface area contributed by atoms with Crippen LogP contribution in [0.25, 0.3) is 0 Å². The van der Waals surface area contributed by atoms with Crippen molar-refractivity contribution in [2.24, 2.45) is 0 Å². The number of aryl methyl sites for hydroxylation is 2. The lowest BCUT2D eigenvalue weighted by Gasteiger charge is -2.31. The third-order valence-corrected chi connectivity index (χ3v) is 6.37. The van der Waals surface area contributed by atoms with E-state index < -0.39 is 0 Å². The van der Waals surface area contributed by atoms with Gasteiger partial charge in [0, 0.05) is 30.8 Å². The molecule has 2 amide bonds. The molecule has 1 aromatic heterocycles. The molecule has 0 N–H and O–H groups in total. The van der Waals surface area contributed by atoms with Crippen molar-refractivity contribution in [3.8, 4) is 0 Å². The highest BCUT2D eigenvalue weighted by Gasteiger charge is 2.35. The van der Waals surface area contributed by atoms with E-state index in [4.69, 9.17) is 9.97 Å². The molecule has 2 aliphatic rings. The van der Waals surface area contributed by atoms with Crippen molar-refractivity contribution < 1.29 is 9.59 Å². The molecule has 0 bridgehead atoms. The number of likely N-dealkylation sites (N-methyl/N-ethyl adjacent to an activating group) is 1. The number of aromatic nitrogens is 2. The maximum absolute atomic E-state index is 12.8. The maximum atomic E-state index is 12.8. The molecule has 32 heavy (non-hydrogen) atoms. The van der Waals surface area contributed by atoms with E-state index >= 15 is 0 Å². The Morgan fingerprint density at radius 3 is 2.69 bits per heavy atom. The van der Waals surface area contributed by atoms with Crippen LogP contribution in [0.5, 0.6) is 0 Å². The van der Waals surface area contributed by atoms with Crippen LogP contribution in [0.1, 0.15) is 54.4 Å². The minimum atomic E-state index is -0.116. The fourth-order valence-electron chi connectivity index (χ4n) is 4.76. The molecule has 0 saturated carbocycles. The van der Waals surface area contributed by atoms with Gasteiger partial charge in [-0.3, -0.25) is 14.5 Å². The van der Waals surface area contributed by atoms with Crippen LogP contribution in [0.3, 0.4) is 0 Å². The topological polar surface area (TPSA) is 69.6 Å². The van der Waals surface area contributed by atoms with Gasteiger partial charge < -0.3 is 9.80 Å². The van der Waals surface area contributed by atoms with Gasteiger partial charge in [-0.05, 0) is 58.7 Å². The first kappa shape index (κ1) is 22.4. The van der Waals surface area contributed by atoms with E-state index in [-0.39, 0.29) is 17.9 Å². The fourth-order valence-corrected chi connectivity index (χ4v) is 4.76. The van der Waals surface area contributed by atoms with Crippen LogP contribution in [-0.4, -0.2) is 65.3 Å². The van der Waals surface area contributed by atoms with Gasteiger partial charge in [-0.15, -0.1) is 0 Å². The summed E-state index contributed by atoms with van der Waals surface area (Å²) < 4.78 is 0. The number of nitrogens with zero attached hydrogens (tertiary/aromatic N) is 5. The molecule has 2 aromatic rings. The first-order chi connectivity index (χ1) is 15.4. The lowest BCUT2D eigenvalue weighted by Crippen LogP contribution is -2.40. The molecule has 1 aromatic carbocycles. The van der Waals surface area contributed by atoms with E-state index in [1.165, 1.54) is 5.56 Å². The number of hydrogen-bond acceptors (Lipinski definition) is 5. The van der Waals surface area contributed by atoms with Crippen molar-refractivity contribution in [2.75, 3.05) is 38.6 Å². The fraction of sp³-hybridized carbons (Fsp3) is 0.520. The van der Waals surface area contributed by atoms with Crippen LogP contribution in [0.2, 0.25) is 0 Å². The van der Waals surface area contributed by atoms with E-state index in [0.29, 0.717) is 31.8 Å². The molecule has 170 valence electrons. The number of amides is 2. The Bertz CT molecular complexity index is 976. The number of likely N-dealkylation sites (tertiary alicyclic amines) is 1. The summed E-state index contributed by atoms with van der Waals surface area (Å²) in [6.45, 7) is 3.76. The number of carbonyl (C=O) groups is 2. The third-order valence-electron chi connectivity index (χ3n) is 6.37. The van der Waals surface area contributed by atoms with Gasteiger partial charge >= 0.3 is 0 Å². The highest BCUT2D eigenvalue weighted by atomic mass is 16.2. The van der Waals surface area contributed by atoms with Gasteiger partial charge in [-0.2, -0.15) is 0 Å². The summed E-state index contributed by atoms with van der Waals surface area (Å²) in [6.07, 6.45) is 4.79. The number of benzene rings is 1. The van der Waals surface area contributed by atoms with Gasteiger partial charge in [0.05, 0.1) is 12.6 Å². The molecule has 0 radical (unpaired) electrons. The van der Waals surface area contributed by atoms with Crippen LogP contribution in [0.15, 0.2) is 30.3 Å². The molecule has 0 aliphatic carbocycles. The number of carbonyl (C=O) groups excluding carboxylic acids is 2. The first-order valence-electron chi connectivity index (χ1n) is 11.6. The summed E-state index contributed by atoms with van der Waals surface area (Å²) in [7, 11) is 3.81. The van der Waals surface area contributed by atoms with Crippen LogP contribution in [0.4, 0.5) is 5.82 Å². The average Bonchev–Trinajstić information content (AvgIpc) is 3.26. The Balaban J connectivity index is 1.56. The Hall–Kier alpha value is -2.80. The molecule has 7 nitrogen and oxygen atoms in total. The molecule has 7 heteroatoms. The van der Waals surface area contributed by atoms with Gasteiger partial charge in [0.15, 0.2) is 5.82 Å². The van der Waals surface area contributed by atoms with Gasteiger partial charge in [-0.25, -0.2) is 9.97 Å². The number of hydrogen-bond donors (Lipinski definition) is 0. The second-order valence-electron chi connectivity index (χ2n) is 9.09. The summed E-state index contributed by atoms with van der Waals surface area (Å²) in [6, 6.07) is 10.2. The molecular weight excluding hydrogens is 402 g/mol. The Morgan fingerprint density at radius 1 is 1.16 bits per heavy atom. The van der Waals surface area contributed by atoms with Crippen molar-refractivity contribution in [3.05, 3.63) is 53.0 Å². The van der Waals surface area contributed by atoms with Crippen molar-refractivity contribution in [3.63, 3.8) is 0 Å². The van der Waals surface area contributed by atoms with Crippen LogP contribution in [0, 0.1) is 6.92 Å². The Labute approximate surface area is 190 Å². The molecule has 1 atom stereocenters. The molecule has 0 spiro atoms. The van der Waals surface area contributed by atoms with E-state index in [0.717, 1.165) is 49.3 Å². The highest BCUT2D eigenvalue weighted by Crippen LogP contribution is 2.34.